The van der Waals surface area contributed by atoms with Gasteiger partial charge in [-0.15, -0.1) is 0 Å². The topological polar surface area (TPSA) is 108 Å². The van der Waals surface area contributed by atoms with E-state index in [1.54, 1.807) is 0 Å². The first-order valence-corrected chi connectivity index (χ1v) is 10.9. The Labute approximate surface area is 168 Å². The Morgan fingerprint density at radius 2 is 1.96 bits per heavy atom. The van der Waals surface area contributed by atoms with Gasteiger partial charge in [-0.25, -0.2) is 8.42 Å². The lowest BCUT2D eigenvalue weighted by Gasteiger charge is -2.33. The number of amides is 2. The molecule has 2 heterocycles. The summed E-state index contributed by atoms with van der Waals surface area (Å²) in [5.74, 6) is -0.0605. The first kappa shape index (κ1) is 19.4. The molecular weight excluding hydrogens is 408 g/mol. The van der Waals surface area contributed by atoms with E-state index in [9.17, 15) is 18.0 Å². The second-order valence-electron chi connectivity index (χ2n) is 7.14. The van der Waals surface area contributed by atoms with Gasteiger partial charge < -0.3 is 15.4 Å². The summed E-state index contributed by atoms with van der Waals surface area (Å²) in [6.07, 6.45) is 2.07. The highest BCUT2D eigenvalue weighted by atomic mass is 35.5. The van der Waals surface area contributed by atoms with Crippen LogP contribution >= 0.6 is 11.6 Å². The van der Waals surface area contributed by atoms with Crippen molar-refractivity contribution in [2.45, 2.75) is 23.8 Å². The zero-order valence-electron chi connectivity index (χ0n) is 15.1. The van der Waals surface area contributed by atoms with Gasteiger partial charge in [0.1, 0.15) is 10.6 Å². The molecule has 1 saturated carbocycles. The van der Waals surface area contributed by atoms with Crippen LogP contribution in [0, 0.1) is 0 Å². The van der Waals surface area contributed by atoms with Crippen molar-refractivity contribution in [2.75, 3.05) is 44.6 Å². The van der Waals surface area contributed by atoms with Crippen molar-refractivity contribution in [3.63, 3.8) is 0 Å². The van der Waals surface area contributed by atoms with Crippen LogP contribution in [0.5, 0.6) is 5.75 Å². The minimum absolute atomic E-state index is 0.0178. The molecule has 0 unspecified atom stereocenters. The van der Waals surface area contributed by atoms with Gasteiger partial charge in [0.05, 0.1) is 17.3 Å². The number of nitrogens with zero attached hydrogens (tertiary/aromatic N) is 2. The molecule has 4 rings (SSSR count). The molecule has 152 valence electrons. The van der Waals surface area contributed by atoms with Crippen molar-refractivity contribution >= 4 is 39.1 Å². The fraction of sp³-hybridized carbons (Fsp3) is 0.529. The quantitative estimate of drug-likeness (QED) is 0.696. The van der Waals surface area contributed by atoms with E-state index in [2.05, 4.69) is 10.6 Å². The maximum Gasteiger partial charge on any atom is 0.262 e. The Morgan fingerprint density at radius 1 is 1.25 bits per heavy atom. The van der Waals surface area contributed by atoms with Gasteiger partial charge in [-0.05, 0) is 18.9 Å². The van der Waals surface area contributed by atoms with E-state index in [-0.39, 0.29) is 53.7 Å². The largest absolute Gasteiger partial charge is 0.482 e. The summed E-state index contributed by atoms with van der Waals surface area (Å²) in [5, 5.41) is 5.56. The lowest BCUT2D eigenvalue weighted by Crippen LogP contribution is -2.51. The number of piperazine rings is 1. The third-order valence-electron chi connectivity index (χ3n) is 4.93. The monoisotopic (exact) mass is 428 g/mol. The number of anilines is 1. The number of benzene rings is 1. The number of hydrogen-bond donors (Lipinski definition) is 2. The van der Waals surface area contributed by atoms with Crippen molar-refractivity contribution in [3.05, 3.63) is 17.2 Å². The molecule has 1 aromatic rings. The number of rotatable bonds is 5. The third-order valence-corrected chi connectivity index (χ3v) is 7.29. The fourth-order valence-electron chi connectivity index (χ4n) is 3.25. The van der Waals surface area contributed by atoms with Crippen molar-refractivity contribution in [2.24, 2.45) is 0 Å². The summed E-state index contributed by atoms with van der Waals surface area (Å²) in [4.78, 5) is 25.2. The summed E-state index contributed by atoms with van der Waals surface area (Å²) in [6, 6.07) is 3.05. The van der Waals surface area contributed by atoms with Crippen molar-refractivity contribution in [1.29, 1.82) is 0 Å². The summed E-state index contributed by atoms with van der Waals surface area (Å²) in [6.45, 7) is 1.57. The first-order chi connectivity index (χ1) is 13.3. The van der Waals surface area contributed by atoms with Crippen LogP contribution in [0.1, 0.15) is 12.8 Å². The van der Waals surface area contributed by atoms with Crippen LogP contribution in [0.15, 0.2) is 17.0 Å². The number of sulfonamides is 1. The maximum atomic E-state index is 13.0. The van der Waals surface area contributed by atoms with Crippen molar-refractivity contribution in [1.82, 2.24) is 14.5 Å². The second kappa shape index (κ2) is 7.51. The smallest absolute Gasteiger partial charge is 0.262 e. The van der Waals surface area contributed by atoms with Gasteiger partial charge in [0.25, 0.3) is 5.91 Å². The molecule has 0 atom stereocenters. The number of ether oxygens (including phenoxy) is 1. The molecule has 1 aromatic carbocycles. The van der Waals surface area contributed by atoms with Gasteiger partial charge in [-0.1, -0.05) is 11.6 Å². The van der Waals surface area contributed by atoms with E-state index < -0.39 is 10.0 Å². The van der Waals surface area contributed by atoms with Crippen molar-refractivity contribution < 1.29 is 22.7 Å². The number of carbonyl (C=O) groups excluding carboxylic acids is 2. The summed E-state index contributed by atoms with van der Waals surface area (Å²) < 4.78 is 32.7. The van der Waals surface area contributed by atoms with Crippen LogP contribution in [0.25, 0.3) is 0 Å². The lowest BCUT2D eigenvalue weighted by molar-refractivity contribution is -0.122. The van der Waals surface area contributed by atoms with E-state index in [0.717, 1.165) is 12.8 Å². The molecule has 3 aliphatic rings. The number of carbonyl (C=O) groups is 2. The molecule has 0 bridgehead atoms. The first-order valence-electron chi connectivity index (χ1n) is 9.11. The zero-order valence-corrected chi connectivity index (χ0v) is 16.7. The fourth-order valence-corrected chi connectivity index (χ4v) is 5.19. The average molecular weight is 429 g/mol. The number of fused-ring (bicyclic) bond motifs is 1. The van der Waals surface area contributed by atoms with Gasteiger partial charge in [0.15, 0.2) is 6.61 Å². The standard InChI is InChI=1S/C17H21ClN4O5S/c18-12-7-13-14(27-10-17(24)20-13)8-15(12)28(25,26)22-5-3-21(4-6-22)9-16(23)19-11-1-2-11/h7-8,11H,1-6,9-10H2,(H,19,23)(H,20,24). The van der Waals surface area contributed by atoms with Gasteiger partial charge in [-0.3, -0.25) is 14.5 Å². The van der Waals surface area contributed by atoms with Gasteiger partial charge in [0, 0.05) is 38.3 Å². The zero-order chi connectivity index (χ0) is 19.9. The van der Waals surface area contributed by atoms with Gasteiger partial charge >= 0.3 is 0 Å². The summed E-state index contributed by atoms with van der Waals surface area (Å²) in [5.41, 5.74) is 0.353. The van der Waals surface area contributed by atoms with Gasteiger partial charge in [-0.2, -0.15) is 4.31 Å². The number of halogens is 1. The molecule has 9 nitrogen and oxygen atoms in total. The van der Waals surface area contributed by atoms with E-state index in [1.165, 1.54) is 16.4 Å². The maximum absolute atomic E-state index is 13.0. The van der Waals surface area contributed by atoms with Crippen LogP contribution in [-0.2, 0) is 19.6 Å². The molecule has 0 aromatic heterocycles. The number of nitrogens with one attached hydrogen (secondary N) is 2. The predicted molar refractivity (Wildman–Crippen MR) is 102 cm³/mol. The second-order valence-corrected chi connectivity index (χ2v) is 9.45. The molecule has 2 aliphatic heterocycles. The summed E-state index contributed by atoms with van der Waals surface area (Å²) >= 11 is 6.19. The molecule has 2 fully saturated rings. The Hall–Kier alpha value is -1.88. The van der Waals surface area contributed by atoms with Crippen LogP contribution < -0.4 is 15.4 Å². The van der Waals surface area contributed by atoms with Gasteiger partial charge in [0.2, 0.25) is 15.9 Å². The molecule has 0 spiro atoms. The molecule has 28 heavy (non-hydrogen) atoms. The Balaban J connectivity index is 1.43. The lowest BCUT2D eigenvalue weighted by atomic mass is 10.2. The predicted octanol–water partition coefficient (Wildman–Crippen LogP) is 0.256. The van der Waals surface area contributed by atoms with Crippen LogP contribution in [0.3, 0.4) is 0 Å². The van der Waals surface area contributed by atoms with Crippen LogP contribution in [0.2, 0.25) is 5.02 Å². The minimum atomic E-state index is -3.82. The molecule has 1 saturated heterocycles. The van der Waals surface area contributed by atoms with E-state index in [1.807, 2.05) is 4.90 Å². The molecular formula is C17H21ClN4O5S. The number of hydrogen-bond acceptors (Lipinski definition) is 6. The Kier molecular flexibility index (Phi) is 5.21. The normalized spacial score (nSPS) is 20.8. The molecule has 2 amide bonds. The minimum Gasteiger partial charge on any atom is -0.482 e. The highest BCUT2D eigenvalue weighted by molar-refractivity contribution is 7.89. The van der Waals surface area contributed by atoms with Crippen molar-refractivity contribution in [3.8, 4) is 5.75 Å². The summed E-state index contributed by atoms with van der Waals surface area (Å²) in [7, 11) is -3.82. The molecule has 0 radical (unpaired) electrons. The Morgan fingerprint density at radius 3 is 2.64 bits per heavy atom. The van der Waals surface area contributed by atoms with E-state index in [4.69, 9.17) is 16.3 Å². The van der Waals surface area contributed by atoms with E-state index in [0.29, 0.717) is 24.8 Å². The Bertz CT molecular complexity index is 910. The molecule has 2 N–H and O–H groups in total. The third kappa shape index (κ3) is 4.09. The molecule has 11 heteroatoms. The van der Waals surface area contributed by atoms with Crippen LogP contribution in [0.4, 0.5) is 5.69 Å². The van der Waals surface area contributed by atoms with E-state index >= 15 is 0 Å². The SMILES string of the molecule is O=C1COc2cc(S(=O)(=O)N3CCN(CC(=O)NC4CC4)CC3)c(Cl)cc2N1. The van der Waals surface area contributed by atoms with Crippen LogP contribution in [-0.4, -0.2) is 74.8 Å². The highest BCUT2D eigenvalue weighted by Crippen LogP contribution is 2.36. The average Bonchev–Trinajstić information content (AvgIpc) is 3.45. The highest BCUT2D eigenvalue weighted by Gasteiger charge is 2.33. The molecule has 1 aliphatic carbocycles.